The Bertz CT molecular complexity index is 1920. The summed E-state index contributed by atoms with van der Waals surface area (Å²) in [5.41, 5.74) is 1.12. The van der Waals surface area contributed by atoms with Crippen LogP contribution in [0.25, 0.3) is 33.5 Å². The maximum Gasteiger partial charge on any atom is 0.347 e. The van der Waals surface area contributed by atoms with Gasteiger partial charge in [-0.1, -0.05) is 29.8 Å². The fourth-order valence-corrected chi connectivity index (χ4v) is 5.03. The third kappa shape index (κ3) is 5.95. The number of methoxy groups -OCH3 is 1. The first-order valence-corrected chi connectivity index (χ1v) is 14.6. The van der Waals surface area contributed by atoms with Crippen LogP contribution in [-0.2, 0) is 9.53 Å². The summed E-state index contributed by atoms with van der Waals surface area (Å²) in [5.74, 6) is 1.03. The number of carbonyl (C=O) groups excluding carboxylic acids is 1. The van der Waals surface area contributed by atoms with Crippen molar-refractivity contribution in [2.24, 2.45) is 5.10 Å². The van der Waals surface area contributed by atoms with Crippen molar-refractivity contribution in [3.8, 4) is 28.8 Å². The van der Waals surface area contributed by atoms with E-state index in [2.05, 4.69) is 21.0 Å². The Kier molecular flexibility index (Phi) is 9.02. The fourth-order valence-electron chi connectivity index (χ4n) is 4.39. The summed E-state index contributed by atoms with van der Waals surface area (Å²) in [6.45, 7) is 5.58. The molecule has 2 aromatic heterocycles. The first-order chi connectivity index (χ1) is 20.8. The van der Waals surface area contributed by atoms with Crippen molar-refractivity contribution in [1.29, 1.82) is 0 Å². The predicted molar refractivity (Wildman–Crippen MR) is 168 cm³/mol. The number of benzene rings is 3. The third-order valence-electron chi connectivity index (χ3n) is 6.40. The van der Waals surface area contributed by atoms with Gasteiger partial charge in [0, 0.05) is 10.0 Å². The summed E-state index contributed by atoms with van der Waals surface area (Å²) in [6.07, 6.45) is 0.511. The Labute approximate surface area is 259 Å². The van der Waals surface area contributed by atoms with E-state index in [0.29, 0.717) is 44.6 Å². The molecule has 0 aliphatic heterocycles. The molecule has 0 unspecified atom stereocenters. The average Bonchev–Trinajstić information content (AvgIpc) is 3.45. The second-order valence-electron chi connectivity index (χ2n) is 9.16. The van der Waals surface area contributed by atoms with Gasteiger partial charge in [-0.2, -0.15) is 9.78 Å². The van der Waals surface area contributed by atoms with Gasteiger partial charge >= 0.3 is 5.97 Å². The van der Waals surface area contributed by atoms with Crippen LogP contribution in [0, 0.1) is 0 Å². The van der Waals surface area contributed by atoms with Crippen LogP contribution in [0.15, 0.2) is 73.4 Å². The number of hydrogen-bond donors (Lipinski definition) is 0. The van der Waals surface area contributed by atoms with Gasteiger partial charge in [0.25, 0.3) is 5.56 Å². The molecule has 0 bridgehead atoms. The van der Waals surface area contributed by atoms with Gasteiger partial charge < -0.3 is 23.4 Å². The molecule has 2 heterocycles. The second-order valence-corrected chi connectivity index (χ2v) is 10.3. The highest BCUT2D eigenvalue weighted by molar-refractivity contribution is 9.10. The molecule has 0 saturated carbocycles. The standard InChI is InChI=1S/C31H27BrClN3O7/c1-5-40-24-14-18(26(32)27(33)28(24)42-17(3)31(38)41-6-2)16-34-36-29(35-21-11-8-7-10-19(21)30(36)37)25-15-20-22(39-4)12-9-13-23(20)43-25/h7-17H,5-6H2,1-4H3/t17-/m1/s1. The summed E-state index contributed by atoms with van der Waals surface area (Å²) in [7, 11) is 1.57. The van der Waals surface area contributed by atoms with Crippen molar-refractivity contribution in [1.82, 2.24) is 9.66 Å². The average molecular weight is 669 g/mol. The smallest absolute Gasteiger partial charge is 0.347 e. The van der Waals surface area contributed by atoms with Crippen molar-refractivity contribution < 1.29 is 28.2 Å². The lowest BCUT2D eigenvalue weighted by Crippen LogP contribution is -2.26. The van der Waals surface area contributed by atoms with E-state index in [0.717, 1.165) is 5.39 Å². The van der Waals surface area contributed by atoms with Crippen LogP contribution >= 0.6 is 27.5 Å². The number of esters is 1. The number of furan rings is 1. The minimum absolute atomic E-state index is 0.150. The molecule has 12 heteroatoms. The third-order valence-corrected chi connectivity index (χ3v) is 7.84. The normalized spacial score (nSPS) is 12.1. The molecule has 43 heavy (non-hydrogen) atoms. The number of ether oxygens (including phenoxy) is 4. The molecule has 0 amide bonds. The van der Waals surface area contributed by atoms with Crippen molar-refractivity contribution in [2.75, 3.05) is 20.3 Å². The maximum atomic E-state index is 13.7. The molecule has 5 rings (SSSR count). The lowest BCUT2D eigenvalue weighted by molar-refractivity contribution is -0.150. The summed E-state index contributed by atoms with van der Waals surface area (Å²) in [6, 6.07) is 15.8. The quantitative estimate of drug-likeness (QED) is 0.117. The number of rotatable bonds is 10. The molecule has 0 aliphatic carbocycles. The molecule has 0 N–H and O–H groups in total. The topological polar surface area (TPSA) is 114 Å². The Morgan fingerprint density at radius 3 is 2.65 bits per heavy atom. The molecule has 0 fully saturated rings. The highest BCUT2D eigenvalue weighted by atomic mass is 79.9. The van der Waals surface area contributed by atoms with Crippen LogP contribution in [0.2, 0.25) is 5.02 Å². The highest BCUT2D eigenvalue weighted by Crippen LogP contribution is 2.43. The van der Waals surface area contributed by atoms with Gasteiger partial charge in [0.15, 0.2) is 23.4 Å². The van der Waals surface area contributed by atoms with Crippen LogP contribution in [0.4, 0.5) is 0 Å². The van der Waals surface area contributed by atoms with E-state index in [4.69, 9.17) is 39.9 Å². The lowest BCUT2D eigenvalue weighted by atomic mass is 10.2. The fraction of sp³-hybridized carbons (Fsp3) is 0.226. The molecule has 3 aromatic carbocycles. The number of carbonyl (C=O) groups is 1. The zero-order valence-electron chi connectivity index (χ0n) is 23.7. The van der Waals surface area contributed by atoms with E-state index < -0.39 is 17.6 Å². The van der Waals surface area contributed by atoms with Crippen LogP contribution in [0.1, 0.15) is 26.3 Å². The van der Waals surface area contributed by atoms with E-state index in [1.54, 1.807) is 70.3 Å². The number of hydrogen-bond acceptors (Lipinski definition) is 9. The van der Waals surface area contributed by atoms with Gasteiger partial charge in [0.1, 0.15) is 16.4 Å². The van der Waals surface area contributed by atoms with Crippen molar-refractivity contribution in [2.45, 2.75) is 26.9 Å². The Morgan fingerprint density at radius 2 is 1.91 bits per heavy atom. The molecule has 222 valence electrons. The van der Waals surface area contributed by atoms with E-state index in [1.807, 2.05) is 12.1 Å². The number of nitrogens with zero attached hydrogens (tertiary/aromatic N) is 3. The molecular formula is C31H27BrClN3O7. The number of fused-ring (bicyclic) bond motifs is 2. The van der Waals surface area contributed by atoms with E-state index >= 15 is 0 Å². The Balaban J connectivity index is 1.64. The van der Waals surface area contributed by atoms with Gasteiger partial charge in [0.2, 0.25) is 5.82 Å². The summed E-state index contributed by atoms with van der Waals surface area (Å²) < 4.78 is 29.8. The highest BCUT2D eigenvalue weighted by Gasteiger charge is 2.24. The predicted octanol–water partition coefficient (Wildman–Crippen LogP) is 6.85. The van der Waals surface area contributed by atoms with Gasteiger partial charge in [0.05, 0.1) is 42.8 Å². The zero-order valence-corrected chi connectivity index (χ0v) is 26.1. The van der Waals surface area contributed by atoms with E-state index in [1.165, 1.54) is 10.9 Å². The number of para-hydroxylation sites is 1. The minimum atomic E-state index is -0.935. The minimum Gasteiger partial charge on any atom is -0.496 e. The molecule has 1 atom stereocenters. The molecular weight excluding hydrogens is 642 g/mol. The van der Waals surface area contributed by atoms with Crippen molar-refractivity contribution in [3.05, 3.63) is 80.0 Å². The van der Waals surface area contributed by atoms with Crippen molar-refractivity contribution >= 4 is 61.6 Å². The number of aromatic nitrogens is 2. The first-order valence-electron chi connectivity index (χ1n) is 13.4. The SMILES string of the molecule is CCOC(=O)[C@@H](C)Oc1c(OCC)cc(C=Nn2c(-c3cc4c(OC)cccc4o3)nc3ccccc3c2=O)c(Br)c1Cl. The maximum absolute atomic E-state index is 13.7. The van der Waals surface area contributed by atoms with Crippen molar-refractivity contribution in [3.63, 3.8) is 0 Å². The molecule has 0 spiro atoms. The van der Waals surface area contributed by atoms with Crippen LogP contribution < -0.4 is 19.8 Å². The van der Waals surface area contributed by atoms with Gasteiger partial charge in [-0.25, -0.2) is 9.78 Å². The molecule has 5 aromatic rings. The monoisotopic (exact) mass is 667 g/mol. The largest absolute Gasteiger partial charge is 0.496 e. The van der Waals surface area contributed by atoms with Gasteiger partial charge in [-0.15, -0.1) is 0 Å². The van der Waals surface area contributed by atoms with E-state index in [9.17, 15) is 9.59 Å². The summed E-state index contributed by atoms with van der Waals surface area (Å²) in [5, 5.41) is 5.78. The van der Waals surface area contributed by atoms with Gasteiger partial charge in [-0.3, -0.25) is 4.79 Å². The van der Waals surface area contributed by atoms with Gasteiger partial charge in [-0.05, 0) is 73.1 Å². The molecule has 0 aliphatic rings. The molecule has 10 nitrogen and oxygen atoms in total. The number of halogens is 2. The second kappa shape index (κ2) is 12.9. The molecule has 0 saturated heterocycles. The molecule has 0 radical (unpaired) electrons. The summed E-state index contributed by atoms with van der Waals surface area (Å²) in [4.78, 5) is 30.6. The van der Waals surface area contributed by atoms with Crippen LogP contribution in [0.3, 0.4) is 0 Å². The zero-order chi connectivity index (χ0) is 30.7. The summed E-state index contributed by atoms with van der Waals surface area (Å²) >= 11 is 10.2. The Hall–Kier alpha value is -4.35. The Morgan fingerprint density at radius 1 is 1.12 bits per heavy atom. The van der Waals surface area contributed by atoms with E-state index in [-0.39, 0.29) is 29.0 Å². The van der Waals surface area contributed by atoms with Crippen LogP contribution in [-0.4, -0.2) is 48.3 Å². The lowest BCUT2D eigenvalue weighted by Gasteiger charge is -2.19. The first kappa shape index (κ1) is 30.1. The van der Waals surface area contributed by atoms with Crippen LogP contribution in [0.5, 0.6) is 17.2 Å².